The summed E-state index contributed by atoms with van der Waals surface area (Å²) in [5.74, 6) is 2.03. The molecule has 0 amide bonds. The van der Waals surface area contributed by atoms with Crippen LogP contribution in [0.2, 0.25) is 0 Å². The van der Waals surface area contributed by atoms with E-state index in [-0.39, 0.29) is 60.7 Å². The summed E-state index contributed by atoms with van der Waals surface area (Å²) < 4.78 is 0. The number of halogens is 2. The van der Waals surface area contributed by atoms with Crippen molar-refractivity contribution in [3.63, 3.8) is 0 Å². The van der Waals surface area contributed by atoms with Crippen molar-refractivity contribution in [3.8, 4) is 0 Å². The van der Waals surface area contributed by atoms with Gasteiger partial charge in [0, 0.05) is 25.2 Å². The Hall–Kier alpha value is -1.94. The van der Waals surface area contributed by atoms with Gasteiger partial charge in [-0.3, -0.25) is 32.3 Å². The fourth-order valence-electron chi connectivity index (χ4n) is 3.74. The van der Waals surface area contributed by atoms with E-state index in [1.807, 2.05) is 0 Å². The third kappa shape index (κ3) is 27.1. The van der Waals surface area contributed by atoms with Gasteiger partial charge in [-0.05, 0) is 51.4 Å². The van der Waals surface area contributed by atoms with E-state index in [2.05, 4.69) is 73.4 Å². The third-order valence-corrected chi connectivity index (χ3v) is 5.83. The Morgan fingerprint density at radius 2 is 0.816 bits per heavy atom. The lowest BCUT2D eigenvalue weighted by atomic mass is 10.0. The number of nitrogens with one attached hydrogen (secondary N) is 10. The quantitative estimate of drug-likeness (QED) is 0.0652. The maximum Gasteiger partial charge on any atom is 0.195 e. The van der Waals surface area contributed by atoms with Gasteiger partial charge in [0.05, 0.1) is 0 Å². The maximum atomic E-state index is 7.96. The third-order valence-electron chi connectivity index (χ3n) is 5.83. The van der Waals surface area contributed by atoms with Crippen LogP contribution in [0.5, 0.6) is 0 Å². The molecule has 0 aromatic heterocycles. The molecule has 0 heterocycles. The van der Waals surface area contributed by atoms with Crippen LogP contribution in [0.1, 0.15) is 106 Å². The molecule has 0 aliphatic carbocycles. The molecule has 10 N–H and O–H groups in total. The highest BCUT2D eigenvalue weighted by Gasteiger charge is 2.08. The molecule has 0 aromatic carbocycles. The van der Waals surface area contributed by atoms with Gasteiger partial charge >= 0.3 is 0 Å². The van der Waals surface area contributed by atoms with Gasteiger partial charge in [0.25, 0.3) is 0 Å². The topological polar surface area (TPSA) is 168 Å². The van der Waals surface area contributed by atoms with Crippen molar-refractivity contribution >= 4 is 48.7 Å². The van der Waals surface area contributed by atoms with Gasteiger partial charge < -0.3 is 21.3 Å². The summed E-state index contributed by atoms with van der Waals surface area (Å²) >= 11 is 0. The zero-order valence-corrected chi connectivity index (χ0v) is 26.2. The van der Waals surface area contributed by atoms with Gasteiger partial charge in [0.15, 0.2) is 23.8 Å². The summed E-state index contributed by atoms with van der Waals surface area (Å²) in [5.41, 5.74) is 0. The van der Waals surface area contributed by atoms with Crippen molar-refractivity contribution in [2.24, 2.45) is 11.8 Å². The first-order valence-corrected chi connectivity index (χ1v) is 13.9. The summed E-state index contributed by atoms with van der Waals surface area (Å²) in [7, 11) is 0. The van der Waals surface area contributed by atoms with Crippen LogP contribution in [0.4, 0.5) is 0 Å². The molecule has 2 atom stereocenters. The Bertz CT molecular complexity index is 590. The summed E-state index contributed by atoms with van der Waals surface area (Å²) in [6, 6.07) is 0.429. The SMILES string of the molecule is CC(C)CCCC(C)NC(=N)NC(=N)NCCCCCCNC(=N)NC(=N)NC(C)CCCC(C)C.Cl.Cl. The molecular formula is C26H58Cl2N10. The predicted octanol–water partition coefficient (Wildman–Crippen LogP) is 5.10. The van der Waals surface area contributed by atoms with E-state index in [1.54, 1.807) is 0 Å². The van der Waals surface area contributed by atoms with Crippen LogP contribution in [0, 0.1) is 33.5 Å². The molecule has 0 fully saturated rings. The molecule has 0 saturated carbocycles. The smallest absolute Gasteiger partial charge is 0.195 e. The van der Waals surface area contributed by atoms with Crippen molar-refractivity contribution in [3.05, 3.63) is 0 Å². The minimum absolute atomic E-state index is 0. The fraction of sp³-hybridized carbons (Fsp3) is 0.846. The molecule has 0 spiro atoms. The van der Waals surface area contributed by atoms with Gasteiger partial charge in [-0.2, -0.15) is 0 Å². The van der Waals surface area contributed by atoms with Crippen molar-refractivity contribution in [1.82, 2.24) is 31.9 Å². The minimum Gasteiger partial charge on any atom is -0.356 e. The van der Waals surface area contributed by atoms with Crippen LogP contribution in [-0.4, -0.2) is 49.0 Å². The normalized spacial score (nSPS) is 11.9. The highest BCUT2D eigenvalue weighted by Crippen LogP contribution is 2.08. The average molecular weight is 582 g/mol. The predicted molar refractivity (Wildman–Crippen MR) is 169 cm³/mol. The van der Waals surface area contributed by atoms with E-state index in [0.717, 1.165) is 51.4 Å². The molecule has 38 heavy (non-hydrogen) atoms. The van der Waals surface area contributed by atoms with E-state index in [9.17, 15) is 0 Å². The number of hydrogen-bond acceptors (Lipinski definition) is 4. The Labute approximate surface area is 244 Å². The highest BCUT2D eigenvalue weighted by atomic mass is 35.5. The molecule has 2 unspecified atom stereocenters. The van der Waals surface area contributed by atoms with Crippen LogP contribution in [0.25, 0.3) is 0 Å². The summed E-state index contributed by atoms with van der Waals surface area (Å²) in [4.78, 5) is 0. The van der Waals surface area contributed by atoms with Crippen molar-refractivity contribution in [2.75, 3.05) is 13.1 Å². The lowest BCUT2D eigenvalue weighted by Crippen LogP contribution is -2.48. The molecule has 0 rings (SSSR count). The summed E-state index contributed by atoms with van der Waals surface area (Å²) in [5, 5.41) is 49.5. The zero-order valence-electron chi connectivity index (χ0n) is 24.6. The monoisotopic (exact) mass is 580 g/mol. The maximum absolute atomic E-state index is 7.96. The first-order chi connectivity index (χ1) is 17.0. The van der Waals surface area contributed by atoms with Crippen LogP contribution in [-0.2, 0) is 0 Å². The number of guanidine groups is 4. The van der Waals surface area contributed by atoms with Gasteiger partial charge in [-0.25, -0.2) is 0 Å². The van der Waals surface area contributed by atoms with E-state index < -0.39 is 0 Å². The Kier molecular flexibility index (Phi) is 27.0. The van der Waals surface area contributed by atoms with E-state index in [1.165, 1.54) is 12.8 Å². The number of unbranched alkanes of at least 4 members (excludes halogenated alkanes) is 3. The molecule has 226 valence electrons. The standard InChI is InChI=1S/C26H56N10.2ClH/c1-19(2)13-11-15-21(5)33-25(29)35-23(27)31-17-9-7-8-10-18-32-24(28)36-26(30)34-22(6)16-12-14-20(3)4;;/h19-22H,7-18H2,1-6H3,(H5,27,29,31,33,35)(H5,28,30,32,34,36);2*1H. The number of hydrogen-bond donors (Lipinski definition) is 10. The molecule has 0 radical (unpaired) electrons. The fourth-order valence-corrected chi connectivity index (χ4v) is 3.74. The first kappa shape index (κ1) is 40.6. The van der Waals surface area contributed by atoms with Gasteiger partial charge in [-0.15, -0.1) is 24.8 Å². The Morgan fingerprint density at radius 1 is 0.474 bits per heavy atom. The molecule has 0 aliphatic rings. The lowest BCUT2D eigenvalue weighted by Gasteiger charge is -2.18. The Morgan fingerprint density at radius 3 is 1.13 bits per heavy atom. The van der Waals surface area contributed by atoms with Crippen LogP contribution in [0.15, 0.2) is 0 Å². The van der Waals surface area contributed by atoms with Gasteiger partial charge in [-0.1, -0.05) is 66.2 Å². The summed E-state index contributed by atoms with van der Waals surface area (Å²) in [6.07, 6.45) is 10.6. The molecule has 12 heteroatoms. The van der Waals surface area contributed by atoms with Gasteiger partial charge in [0.2, 0.25) is 0 Å². The van der Waals surface area contributed by atoms with Crippen molar-refractivity contribution < 1.29 is 0 Å². The molecule has 0 saturated heterocycles. The largest absolute Gasteiger partial charge is 0.356 e. The lowest BCUT2D eigenvalue weighted by molar-refractivity contribution is 0.492. The average Bonchev–Trinajstić information content (AvgIpc) is 2.74. The van der Waals surface area contributed by atoms with Crippen LogP contribution < -0.4 is 31.9 Å². The molecule has 0 aromatic rings. The van der Waals surface area contributed by atoms with E-state index >= 15 is 0 Å². The van der Waals surface area contributed by atoms with Gasteiger partial charge in [0.1, 0.15) is 0 Å². The summed E-state index contributed by atoms with van der Waals surface area (Å²) in [6.45, 7) is 14.4. The minimum atomic E-state index is 0. The number of rotatable bonds is 17. The van der Waals surface area contributed by atoms with Crippen molar-refractivity contribution in [2.45, 2.75) is 118 Å². The molecular weight excluding hydrogens is 523 g/mol. The second kappa shape index (κ2) is 25.3. The zero-order chi connectivity index (χ0) is 27.3. The van der Waals surface area contributed by atoms with Crippen LogP contribution in [0.3, 0.4) is 0 Å². The van der Waals surface area contributed by atoms with Crippen LogP contribution >= 0.6 is 24.8 Å². The Balaban J connectivity index is -0.00000612. The first-order valence-electron chi connectivity index (χ1n) is 13.9. The second-order valence-electron chi connectivity index (χ2n) is 10.8. The van der Waals surface area contributed by atoms with Crippen molar-refractivity contribution in [1.29, 1.82) is 21.6 Å². The van der Waals surface area contributed by atoms with E-state index in [4.69, 9.17) is 21.6 Å². The van der Waals surface area contributed by atoms with E-state index in [0.29, 0.717) is 24.9 Å². The molecule has 10 nitrogen and oxygen atoms in total. The molecule has 0 bridgehead atoms. The second-order valence-corrected chi connectivity index (χ2v) is 10.8. The highest BCUT2D eigenvalue weighted by molar-refractivity contribution is 5.96. The molecule has 0 aliphatic heterocycles.